The number of nitrogens with two attached hydrogens (primary N) is 1. The zero-order chi connectivity index (χ0) is 15.5. The summed E-state index contributed by atoms with van der Waals surface area (Å²) in [6.45, 7) is 0.317. The largest absolute Gasteiger partial charge is 0.494 e. The number of carbonyl (C=O) groups excluding carboxylic acids is 1. The Kier molecular flexibility index (Phi) is 4.69. The van der Waals surface area contributed by atoms with Crippen LogP contribution in [-0.4, -0.2) is 40.3 Å². The molecule has 1 aromatic carbocycles. The third-order valence-corrected chi connectivity index (χ3v) is 5.12. The Morgan fingerprint density at radius 2 is 2.19 bits per heavy atom. The molecule has 0 spiro atoms. The molecule has 8 heteroatoms. The molecule has 1 heterocycles. The molecule has 0 aromatic heterocycles. The number of rotatable bonds is 4. The summed E-state index contributed by atoms with van der Waals surface area (Å²) in [5.74, 6) is 0.215. The molecule has 116 valence electrons. The van der Waals surface area contributed by atoms with Crippen LogP contribution < -0.4 is 20.1 Å². The molecule has 7 nitrogen and oxygen atoms in total. The molecule has 0 atom stereocenters. The van der Waals surface area contributed by atoms with Crippen LogP contribution in [0.25, 0.3) is 0 Å². The lowest BCUT2D eigenvalue weighted by Crippen LogP contribution is -2.38. The molecule has 0 bridgehead atoms. The van der Waals surface area contributed by atoms with Crippen LogP contribution in [0.1, 0.15) is 12.8 Å². The van der Waals surface area contributed by atoms with E-state index in [-0.39, 0.29) is 18.2 Å². The number of benzene rings is 1. The number of methoxy groups -OCH3 is 1. The number of amides is 1. The third kappa shape index (κ3) is 3.45. The number of hydrogen-bond donors (Lipinski definition) is 2. The Labute approximate surface area is 124 Å². The van der Waals surface area contributed by atoms with Crippen molar-refractivity contribution in [2.24, 2.45) is 5.73 Å². The highest BCUT2D eigenvalue weighted by molar-refractivity contribution is 7.92. The monoisotopic (exact) mass is 313 g/mol. The summed E-state index contributed by atoms with van der Waals surface area (Å²) >= 11 is 0. The molecule has 3 N–H and O–H groups in total. The number of carbonyl (C=O) groups is 1. The van der Waals surface area contributed by atoms with Crippen LogP contribution >= 0.6 is 0 Å². The number of anilines is 2. The topological polar surface area (TPSA) is 102 Å². The van der Waals surface area contributed by atoms with Gasteiger partial charge in [-0.1, -0.05) is 0 Å². The van der Waals surface area contributed by atoms with E-state index in [1.807, 2.05) is 0 Å². The summed E-state index contributed by atoms with van der Waals surface area (Å²) < 4.78 is 30.9. The molecule has 1 aliphatic rings. The van der Waals surface area contributed by atoms with E-state index < -0.39 is 10.0 Å². The Balaban J connectivity index is 2.34. The lowest BCUT2D eigenvalue weighted by molar-refractivity contribution is -0.114. The first-order valence-electron chi connectivity index (χ1n) is 6.66. The molecule has 1 aromatic rings. The van der Waals surface area contributed by atoms with Crippen LogP contribution in [-0.2, 0) is 14.8 Å². The Morgan fingerprint density at radius 1 is 1.43 bits per heavy atom. The van der Waals surface area contributed by atoms with E-state index in [4.69, 9.17) is 10.5 Å². The molecule has 0 saturated carbocycles. The van der Waals surface area contributed by atoms with Crippen LogP contribution in [0.3, 0.4) is 0 Å². The highest BCUT2D eigenvalue weighted by Gasteiger charge is 2.28. The minimum Gasteiger partial charge on any atom is -0.494 e. The van der Waals surface area contributed by atoms with Gasteiger partial charge in [-0.25, -0.2) is 8.42 Å². The SMILES string of the molecule is COc1cc(NC(=O)CN)ccc1N1CCCCS1(=O)=O. The van der Waals surface area contributed by atoms with Crippen molar-refractivity contribution < 1.29 is 17.9 Å². The Morgan fingerprint density at radius 3 is 2.81 bits per heavy atom. The lowest BCUT2D eigenvalue weighted by atomic mass is 10.2. The van der Waals surface area contributed by atoms with E-state index >= 15 is 0 Å². The van der Waals surface area contributed by atoms with E-state index in [0.717, 1.165) is 6.42 Å². The first-order chi connectivity index (χ1) is 9.97. The van der Waals surface area contributed by atoms with Crippen molar-refractivity contribution in [2.45, 2.75) is 12.8 Å². The Bertz CT molecular complexity index is 630. The average molecular weight is 313 g/mol. The van der Waals surface area contributed by atoms with Gasteiger partial charge in [0.25, 0.3) is 0 Å². The summed E-state index contributed by atoms with van der Waals surface area (Å²) in [6.07, 6.45) is 1.49. The van der Waals surface area contributed by atoms with Crippen LogP contribution in [0.15, 0.2) is 18.2 Å². The minimum absolute atomic E-state index is 0.120. The summed E-state index contributed by atoms with van der Waals surface area (Å²) in [4.78, 5) is 11.3. The first kappa shape index (κ1) is 15.6. The molecular formula is C13H19N3O4S. The smallest absolute Gasteiger partial charge is 0.238 e. The molecule has 0 radical (unpaired) electrons. The van der Waals surface area contributed by atoms with Crippen LogP contribution in [0, 0.1) is 0 Å². The highest BCUT2D eigenvalue weighted by atomic mass is 32.2. The molecule has 1 amide bonds. The number of hydrogen-bond acceptors (Lipinski definition) is 5. The molecule has 1 saturated heterocycles. The van der Waals surface area contributed by atoms with Crippen molar-refractivity contribution in [3.8, 4) is 5.75 Å². The van der Waals surface area contributed by atoms with Crippen molar-refractivity contribution in [2.75, 3.05) is 35.6 Å². The van der Waals surface area contributed by atoms with Crippen LogP contribution in [0.4, 0.5) is 11.4 Å². The van der Waals surface area contributed by atoms with Crippen LogP contribution in [0.5, 0.6) is 5.75 Å². The van der Waals surface area contributed by atoms with Gasteiger partial charge in [0, 0.05) is 18.3 Å². The summed E-state index contributed by atoms with van der Waals surface area (Å²) in [7, 11) is -1.84. The van der Waals surface area contributed by atoms with E-state index in [1.54, 1.807) is 18.2 Å². The first-order valence-corrected chi connectivity index (χ1v) is 8.27. The molecule has 0 unspecified atom stereocenters. The molecule has 21 heavy (non-hydrogen) atoms. The van der Waals surface area contributed by atoms with Crippen molar-refractivity contribution >= 4 is 27.3 Å². The summed E-state index contributed by atoms with van der Waals surface area (Å²) in [6, 6.07) is 4.86. The van der Waals surface area contributed by atoms with Gasteiger partial charge in [0.05, 0.1) is 25.1 Å². The number of ether oxygens (including phenoxy) is 1. The van der Waals surface area contributed by atoms with Gasteiger partial charge in [-0.2, -0.15) is 0 Å². The number of sulfonamides is 1. The van der Waals surface area contributed by atoms with Gasteiger partial charge < -0.3 is 15.8 Å². The van der Waals surface area contributed by atoms with Crippen molar-refractivity contribution in [1.82, 2.24) is 0 Å². The van der Waals surface area contributed by atoms with Gasteiger partial charge in [0.1, 0.15) is 5.75 Å². The zero-order valence-corrected chi connectivity index (χ0v) is 12.6. The molecule has 1 aliphatic heterocycles. The lowest BCUT2D eigenvalue weighted by Gasteiger charge is -2.29. The minimum atomic E-state index is -3.30. The fraction of sp³-hybridized carbons (Fsp3) is 0.462. The molecule has 0 aliphatic carbocycles. The van der Waals surface area contributed by atoms with E-state index in [2.05, 4.69) is 5.32 Å². The number of nitrogens with one attached hydrogen (secondary N) is 1. The number of nitrogens with zero attached hydrogens (tertiary/aromatic N) is 1. The maximum atomic E-state index is 12.1. The van der Waals surface area contributed by atoms with Crippen molar-refractivity contribution in [3.05, 3.63) is 18.2 Å². The van der Waals surface area contributed by atoms with Gasteiger partial charge in [-0.05, 0) is 25.0 Å². The van der Waals surface area contributed by atoms with E-state index in [1.165, 1.54) is 11.4 Å². The molecule has 1 fully saturated rings. The maximum absolute atomic E-state index is 12.1. The van der Waals surface area contributed by atoms with Crippen molar-refractivity contribution in [1.29, 1.82) is 0 Å². The van der Waals surface area contributed by atoms with Crippen molar-refractivity contribution in [3.63, 3.8) is 0 Å². The Hall–Kier alpha value is -1.80. The normalized spacial score (nSPS) is 17.3. The van der Waals surface area contributed by atoms with Gasteiger partial charge >= 0.3 is 0 Å². The maximum Gasteiger partial charge on any atom is 0.238 e. The molecule has 2 rings (SSSR count). The fourth-order valence-corrected chi connectivity index (χ4v) is 3.88. The van der Waals surface area contributed by atoms with Gasteiger partial charge in [-0.15, -0.1) is 0 Å². The fourth-order valence-electron chi connectivity index (χ4n) is 2.23. The zero-order valence-electron chi connectivity index (χ0n) is 11.8. The predicted octanol–water partition coefficient (Wildman–Crippen LogP) is 0.522. The summed E-state index contributed by atoms with van der Waals surface area (Å²) in [5, 5.41) is 2.61. The second kappa shape index (κ2) is 6.31. The van der Waals surface area contributed by atoms with E-state index in [0.29, 0.717) is 30.1 Å². The van der Waals surface area contributed by atoms with Gasteiger partial charge in [0.15, 0.2) is 0 Å². The van der Waals surface area contributed by atoms with Gasteiger partial charge in [-0.3, -0.25) is 9.10 Å². The summed E-state index contributed by atoms with van der Waals surface area (Å²) in [5.41, 5.74) is 6.25. The third-order valence-electron chi connectivity index (χ3n) is 3.27. The van der Waals surface area contributed by atoms with E-state index in [9.17, 15) is 13.2 Å². The highest BCUT2D eigenvalue weighted by Crippen LogP contribution is 2.34. The second-order valence-electron chi connectivity index (χ2n) is 4.73. The molecular weight excluding hydrogens is 294 g/mol. The second-order valence-corrected chi connectivity index (χ2v) is 6.75. The average Bonchev–Trinajstić information content (AvgIpc) is 2.47. The predicted molar refractivity (Wildman–Crippen MR) is 81.0 cm³/mol. The standard InChI is InChI=1S/C13H19N3O4S/c1-20-12-8-10(15-13(17)9-14)4-5-11(12)16-6-2-3-7-21(16,18)19/h4-5,8H,2-3,6-7,9,14H2,1H3,(H,15,17). The van der Waals surface area contributed by atoms with Gasteiger partial charge in [0.2, 0.25) is 15.9 Å². The van der Waals surface area contributed by atoms with Crippen LogP contribution in [0.2, 0.25) is 0 Å². The quantitative estimate of drug-likeness (QED) is 0.844.